The molecule has 0 N–H and O–H groups in total. The second-order valence-corrected chi connectivity index (χ2v) is 3.89. The summed E-state index contributed by atoms with van der Waals surface area (Å²) < 4.78 is 0. The molecule has 1 saturated carbocycles. The topological polar surface area (TPSA) is 17.1 Å². The standard InChI is InChI=1S/C9H14OS/c1-7(11-2)8-5-3-4-6-9(8)10/h3-6H2,1-2H3/b8-7+. The van der Waals surface area contributed by atoms with Crippen molar-refractivity contribution in [2.45, 2.75) is 32.6 Å². The van der Waals surface area contributed by atoms with Crippen LogP contribution in [-0.4, -0.2) is 12.0 Å². The summed E-state index contributed by atoms with van der Waals surface area (Å²) >= 11 is 1.69. The van der Waals surface area contributed by atoms with Crippen LogP contribution in [0.5, 0.6) is 0 Å². The van der Waals surface area contributed by atoms with Gasteiger partial charge in [0.25, 0.3) is 0 Å². The van der Waals surface area contributed by atoms with Crippen molar-refractivity contribution in [1.29, 1.82) is 0 Å². The second kappa shape index (κ2) is 3.96. The van der Waals surface area contributed by atoms with Crippen LogP contribution in [0.2, 0.25) is 0 Å². The smallest absolute Gasteiger partial charge is 0.159 e. The number of allylic oxidation sites excluding steroid dienone is 2. The molecule has 1 fully saturated rings. The number of Topliss-reactive ketones (excluding diaryl/α,β-unsaturated/α-hetero) is 1. The third-order valence-corrected chi connectivity index (χ3v) is 3.01. The molecule has 0 aromatic heterocycles. The van der Waals surface area contributed by atoms with Crippen LogP contribution in [0.4, 0.5) is 0 Å². The molecular weight excluding hydrogens is 156 g/mol. The molecule has 0 saturated heterocycles. The van der Waals surface area contributed by atoms with Crippen molar-refractivity contribution in [2.24, 2.45) is 0 Å². The molecule has 0 radical (unpaired) electrons. The van der Waals surface area contributed by atoms with Gasteiger partial charge in [-0.05, 0) is 37.3 Å². The molecule has 0 aromatic carbocycles. The van der Waals surface area contributed by atoms with E-state index in [1.165, 1.54) is 11.3 Å². The Hall–Kier alpha value is -0.240. The van der Waals surface area contributed by atoms with Crippen LogP contribution >= 0.6 is 11.8 Å². The molecular formula is C9H14OS. The number of rotatable bonds is 1. The highest BCUT2D eigenvalue weighted by Gasteiger charge is 2.16. The fourth-order valence-corrected chi connectivity index (χ4v) is 1.84. The summed E-state index contributed by atoms with van der Waals surface area (Å²) in [6.07, 6.45) is 6.09. The van der Waals surface area contributed by atoms with Gasteiger partial charge in [-0.15, -0.1) is 11.8 Å². The van der Waals surface area contributed by atoms with Crippen molar-refractivity contribution in [3.63, 3.8) is 0 Å². The van der Waals surface area contributed by atoms with Crippen LogP contribution in [0, 0.1) is 0 Å². The minimum absolute atomic E-state index is 0.378. The first-order chi connectivity index (χ1) is 5.25. The van der Waals surface area contributed by atoms with Gasteiger partial charge in [-0.25, -0.2) is 0 Å². The first-order valence-electron chi connectivity index (χ1n) is 4.02. The molecule has 0 unspecified atom stereocenters. The van der Waals surface area contributed by atoms with Crippen molar-refractivity contribution in [3.8, 4) is 0 Å². The minimum Gasteiger partial charge on any atom is -0.295 e. The SMILES string of the molecule is CS/C(C)=C1\CCCCC1=O. The Bertz CT molecular complexity index is 194. The van der Waals surface area contributed by atoms with Crippen LogP contribution in [-0.2, 0) is 4.79 Å². The highest BCUT2D eigenvalue weighted by Crippen LogP contribution is 2.26. The van der Waals surface area contributed by atoms with Gasteiger partial charge in [-0.1, -0.05) is 0 Å². The molecule has 0 spiro atoms. The Labute approximate surface area is 72.2 Å². The van der Waals surface area contributed by atoms with Gasteiger partial charge < -0.3 is 0 Å². The molecule has 0 atom stereocenters. The van der Waals surface area contributed by atoms with E-state index in [-0.39, 0.29) is 0 Å². The van der Waals surface area contributed by atoms with Crippen molar-refractivity contribution in [3.05, 3.63) is 10.5 Å². The van der Waals surface area contributed by atoms with E-state index in [2.05, 4.69) is 0 Å². The van der Waals surface area contributed by atoms with E-state index < -0.39 is 0 Å². The van der Waals surface area contributed by atoms with Crippen molar-refractivity contribution < 1.29 is 4.79 Å². The third-order valence-electron chi connectivity index (χ3n) is 2.15. The van der Waals surface area contributed by atoms with Gasteiger partial charge in [0.1, 0.15) is 0 Å². The zero-order chi connectivity index (χ0) is 8.27. The fraction of sp³-hybridized carbons (Fsp3) is 0.667. The van der Waals surface area contributed by atoms with Crippen LogP contribution in [0.3, 0.4) is 0 Å². The molecule has 2 heteroatoms. The lowest BCUT2D eigenvalue weighted by molar-refractivity contribution is -0.116. The number of carbonyl (C=O) groups excluding carboxylic acids is 1. The van der Waals surface area contributed by atoms with E-state index in [1.54, 1.807) is 11.8 Å². The molecule has 0 aliphatic heterocycles. The van der Waals surface area contributed by atoms with Gasteiger partial charge in [0.15, 0.2) is 5.78 Å². The quantitative estimate of drug-likeness (QED) is 0.563. The van der Waals surface area contributed by atoms with Crippen LogP contribution in [0.1, 0.15) is 32.6 Å². The average Bonchev–Trinajstić information content (AvgIpc) is 2.04. The predicted molar refractivity (Wildman–Crippen MR) is 49.7 cm³/mol. The summed E-state index contributed by atoms with van der Waals surface area (Å²) in [7, 11) is 0. The molecule has 1 rings (SSSR count). The summed E-state index contributed by atoms with van der Waals surface area (Å²) in [5.74, 6) is 0.378. The number of carbonyl (C=O) groups is 1. The molecule has 1 aliphatic rings. The summed E-state index contributed by atoms with van der Waals surface area (Å²) in [4.78, 5) is 12.5. The first-order valence-corrected chi connectivity index (χ1v) is 5.25. The van der Waals surface area contributed by atoms with Gasteiger partial charge in [0.2, 0.25) is 0 Å². The zero-order valence-corrected chi connectivity index (χ0v) is 7.96. The normalized spacial score (nSPS) is 23.6. The highest BCUT2D eigenvalue weighted by molar-refractivity contribution is 8.02. The number of thioether (sulfide) groups is 1. The molecule has 1 aliphatic carbocycles. The summed E-state index contributed by atoms with van der Waals surface area (Å²) in [5.41, 5.74) is 1.09. The molecule has 1 nitrogen and oxygen atoms in total. The van der Waals surface area contributed by atoms with E-state index in [4.69, 9.17) is 0 Å². The van der Waals surface area contributed by atoms with E-state index in [9.17, 15) is 4.79 Å². The van der Waals surface area contributed by atoms with Crippen molar-refractivity contribution >= 4 is 17.5 Å². The summed E-state index contributed by atoms with van der Waals surface area (Å²) in [6, 6.07) is 0. The van der Waals surface area contributed by atoms with E-state index in [1.807, 2.05) is 13.2 Å². The molecule has 0 aromatic rings. The average molecular weight is 170 g/mol. The summed E-state index contributed by atoms with van der Waals surface area (Å²) in [6.45, 7) is 2.04. The maximum Gasteiger partial charge on any atom is 0.159 e. The lowest BCUT2D eigenvalue weighted by Gasteiger charge is -2.14. The first kappa shape index (κ1) is 8.85. The third kappa shape index (κ3) is 2.09. The minimum atomic E-state index is 0.378. The number of hydrogen-bond acceptors (Lipinski definition) is 2. The summed E-state index contributed by atoms with van der Waals surface area (Å²) in [5, 5.41) is 0. The molecule has 0 heterocycles. The van der Waals surface area contributed by atoms with Crippen molar-refractivity contribution in [1.82, 2.24) is 0 Å². The monoisotopic (exact) mass is 170 g/mol. The number of ketones is 1. The Balaban J connectivity index is 2.75. The van der Waals surface area contributed by atoms with Gasteiger partial charge >= 0.3 is 0 Å². The van der Waals surface area contributed by atoms with Crippen molar-refractivity contribution in [2.75, 3.05) is 6.26 Å². The Morgan fingerprint density at radius 1 is 1.36 bits per heavy atom. The van der Waals surface area contributed by atoms with Gasteiger partial charge in [0, 0.05) is 12.0 Å². The molecule has 62 valence electrons. The molecule has 0 amide bonds. The van der Waals surface area contributed by atoms with Gasteiger partial charge in [-0.2, -0.15) is 0 Å². The molecule has 11 heavy (non-hydrogen) atoms. The predicted octanol–water partition coefficient (Wildman–Crippen LogP) is 2.77. The van der Waals surface area contributed by atoms with E-state index in [0.717, 1.165) is 24.8 Å². The van der Waals surface area contributed by atoms with Crippen LogP contribution in [0.25, 0.3) is 0 Å². The Morgan fingerprint density at radius 3 is 2.55 bits per heavy atom. The Kier molecular flexibility index (Phi) is 3.18. The largest absolute Gasteiger partial charge is 0.295 e. The van der Waals surface area contributed by atoms with Gasteiger partial charge in [-0.3, -0.25) is 4.79 Å². The lowest BCUT2D eigenvalue weighted by atomic mass is 9.93. The van der Waals surface area contributed by atoms with Gasteiger partial charge in [0.05, 0.1) is 0 Å². The maximum absolute atomic E-state index is 11.3. The van der Waals surface area contributed by atoms with Crippen LogP contribution < -0.4 is 0 Å². The number of hydrogen-bond donors (Lipinski definition) is 0. The Morgan fingerprint density at radius 2 is 2.00 bits per heavy atom. The maximum atomic E-state index is 11.3. The zero-order valence-electron chi connectivity index (χ0n) is 7.14. The second-order valence-electron chi connectivity index (χ2n) is 2.87. The van der Waals surface area contributed by atoms with Crippen LogP contribution in [0.15, 0.2) is 10.5 Å². The van der Waals surface area contributed by atoms with E-state index in [0.29, 0.717) is 5.78 Å². The fourth-order valence-electron chi connectivity index (χ4n) is 1.37. The van der Waals surface area contributed by atoms with E-state index >= 15 is 0 Å². The molecule has 0 bridgehead atoms. The lowest BCUT2D eigenvalue weighted by Crippen LogP contribution is -2.09. The highest BCUT2D eigenvalue weighted by atomic mass is 32.2.